The van der Waals surface area contributed by atoms with Gasteiger partial charge in [-0.1, -0.05) is 29.3 Å². The Morgan fingerprint density at radius 3 is 2.28 bits per heavy atom. The minimum Gasteiger partial charge on any atom is -0.497 e. The zero-order valence-electron chi connectivity index (χ0n) is 13.5. The number of carbonyl (C=O) groups excluding carboxylic acids is 2. The van der Waals surface area contributed by atoms with Crippen molar-refractivity contribution < 1.29 is 23.8 Å². The van der Waals surface area contributed by atoms with Gasteiger partial charge in [-0.05, 0) is 12.1 Å². The molecule has 0 aliphatic carbocycles. The summed E-state index contributed by atoms with van der Waals surface area (Å²) in [6.45, 7) is -0.485. The quantitative estimate of drug-likeness (QED) is 0.767. The van der Waals surface area contributed by atoms with Crippen molar-refractivity contribution in [1.82, 2.24) is 0 Å². The van der Waals surface area contributed by atoms with Gasteiger partial charge in [-0.2, -0.15) is 0 Å². The van der Waals surface area contributed by atoms with Gasteiger partial charge in [0, 0.05) is 23.9 Å². The van der Waals surface area contributed by atoms with E-state index in [0.29, 0.717) is 17.2 Å². The Balaban J connectivity index is 1.99. The van der Waals surface area contributed by atoms with E-state index in [1.807, 2.05) is 0 Å². The smallest absolute Gasteiger partial charge is 0.340 e. The fraction of sp³-hybridized carbons (Fsp3) is 0.176. The number of esters is 1. The van der Waals surface area contributed by atoms with Crippen LogP contribution in [0.4, 0.5) is 5.69 Å². The fourth-order valence-electron chi connectivity index (χ4n) is 1.95. The van der Waals surface area contributed by atoms with E-state index >= 15 is 0 Å². The number of rotatable bonds is 6. The average molecular weight is 384 g/mol. The number of methoxy groups -OCH3 is 2. The molecule has 0 fully saturated rings. The Morgan fingerprint density at radius 1 is 1.04 bits per heavy atom. The molecule has 2 rings (SSSR count). The maximum Gasteiger partial charge on any atom is 0.340 e. The molecule has 0 saturated carbocycles. The van der Waals surface area contributed by atoms with Crippen LogP contribution < -0.4 is 14.8 Å². The lowest BCUT2D eigenvalue weighted by molar-refractivity contribution is -0.119. The van der Waals surface area contributed by atoms with Gasteiger partial charge in [-0.15, -0.1) is 0 Å². The van der Waals surface area contributed by atoms with Crippen LogP contribution in [0.1, 0.15) is 10.4 Å². The standard InChI is InChI=1S/C17H15Cl2NO5/c1-23-11-6-10(7-12(8-11)24-2)20-15(21)9-25-17(22)13-4-3-5-14(18)16(13)19/h3-8H,9H2,1-2H3,(H,20,21). The predicted octanol–water partition coefficient (Wildman–Crippen LogP) is 3.81. The van der Waals surface area contributed by atoms with Gasteiger partial charge in [0.1, 0.15) is 11.5 Å². The van der Waals surface area contributed by atoms with E-state index in [-0.39, 0.29) is 15.6 Å². The zero-order chi connectivity index (χ0) is 18.4. The second-order valence-electron chi connectivity index (χ2n) is 4.83. The van der Waals surface area contributed by atoms with Gasteiger partial charge < -0.3 is 19.5 Å². The fourth-order valence-corrected chi connectivity index (χ4v) is 2.32. The Kier molecular flexibility index (Phi) is 6.50. The topological polar surface area (TPSA) is 73.9 Å². The number of carbonyl (C=O) groups is 2. The highest BCUT2D eigenvalue weighted by Crippen LogP contribution is 2.27. The molecule has 2 aromatic carbocycles. The van der Waals surface area contributed by atoms with Crippen LogP contribution in [-0.4, -0.2) is 32.7 Å². The highest BCUT2D eigenvalue weighted by atomic mass is 35.5. The highest BCUT2D eigenvalue weighted by molar-refractivity contribution is 6.43. The molecule has 8 heteroatoms. The van der Waals surface area contributed by atoms with Crippen LogP contribution in [0.15, 0.2) is 36.4 Å². The Morgan fingerprint density at radius 2 is 1.68 bits per heavy atom. The molecule has 0 aliphatic heterocycles. The molecule has 0 spiro atoms. The van der Waals surface area contributed by atoms with Gasteiger partial charge in [0.15, 0.2) is 6.61 Å². The summed E-state index contributed by atoms with van der Waals surface area (Å²) in [6.07, 6.45) is 0. The molecule has 1 N–H and O–H groups in total. The first-order chi connectivity index (χ1) is 11.9. The number of hydrogen-bond donors (Lipinski definition) is 1. The van der Waals surface area contributed by atoms with Crippen molar-refractivity contribution in [3.63, 3.8) is 0 Å². The molecule has 0 heterocycles. The largest absolute Gasteiger partial charge is 0.497 e. The van der Waals surface area contributed by atoms with Crippen LogP contribution >= 0.6 is 23.2 Å². The average Bonchev–Trinajstić information content (AvgIpc) is 2.61. The molecule has 132 valence electrons. The van der Waals surface area contributed by atoms with Crippen molar-refractivity contribution in [3.8, 4) is 11.5 Å². The molecule has 0 unspecified atom stereocenters. The van der Waals surface area contributed by atoms with Crippen molar-refractivity contribution >= 4 is 40.8 Å². The molecule has 0 radical (unpaired) electrons. The minimum absolute atomic E-state index is 0.0760. The lowest BCUT2D eigenvalue weighted by atomic mass is 10.2. The molecule has 0 saturated heterocycles. The molecule has 1 amide bonds. The summed E-state index contributed by atoms with van der Waals surface area (Å²) in [5.74, 6) is -0.248. The van der Waals surface area contributed by atoms with Gasteiger partial charge in [0.05, 0.1) is 29.8 Å². The normalized spacial score (nSPS) is 10.1. The van der Waals surface area contributed by atoms with Crippen LogP contribution in [-0.2, 0) is 9.53 Å². The second-order valence-corrected chi connectivity index (χ2v) is 5.61. The number of anilines is 1. The van der Waals surface area contributed by atoms with E-state index in [1.54, 1.807) is 30.3 Å². The minimum atomic E-state index is -0.745. The first-order valence-corrected chi connectivity index (χ1v) is 7.84. The molecule has 0 aromatic heterocycles. The van der Waals surface area contributed by atoms with E-state index in [4.69, 9.17) is 37.4 Å². The summed E-state index contributed by atoms with van der Waals surface area (Å²) in [5, 5.41) is 2.89. The summed E-state index contributed by atoms with van der Waals surface area (Å²) in [5.41, 5.74) is 0.531. The van der Waals surface area contributed by atoms with E-state index in [0.717, 1.165) is 0 Å². The van der Waals surface area contributed by atoms with Crippen LogP contribution in [0.25, 0.3) is 0 Å². The third-order valence-corrected chi connectivity index (χ3v) is 3.96. The first kappa shape index (κ1) is 18.9. The summed E-state index contributed by atoms with van der Waals surface area (Å²) < 4.78 is 15.2. The Hall–Kier alpha value is -2.44. The number of benzene rings is 2. The van der Waals surface area contributed by atoms with Crippen LogP contribution in [0, 0.1) is 0 Å². The monoisotopic (exact) mass is 383 g/mol. The Bertz CT molecular complexity index is 772. The molecule has 0 bridgehead atoms. The highest BCUT2D eigenvalue weighted by Gasteiger charge is 2.16. The van der Waals surface area contributed by atoms with Gasteiger partial charge >= 0.3 is 5.97 Å². The lowest BCUT2D eigenvalue weighted by Crippen LogP contribution is -2.21. The van der Waals surface area contributed by atoms with E-state index in [2.05, 4.69) is 5.32 Å². The van der Waals surface area contributed by atoms with Crippen LogP contribution in [0.3, 0.4) is 0 Å². The van der Waals surface area contributed by atoms with Crippen LogP contribution in [0.2, 0.25) is 10.0 Å². The molecular weight excluding hydrogens is 369 g/mol. The molecule has 25 heavy (non-hydrogen) atoms. The third kappa shape index (κ3) is 5.01. The maximum absolute atomic E-state index is 12.0. The van der Waals surface area contributed by atoms with Gasteiger partial charge in [0.2, 0.25) is 0 Å². The molecule has 2 aromatic rings. The van der Waals surface area contributed by atoms with Gasteiger partial charge in [-0.3, -0.25) is 4.79 Å². The van der Waals surface area contributed by atoms with E-state index < -0.39 is 18.5 Å². The number of amides is 1. The molecule has 0 aliphatic rings. The number of nitrogens with one attached hydrogen (secondary N) is 1. The summed E-state index contributed by atoms with van der Waals surface area (Å²) in [6, 6.07) is 9.45. The summed E-state index contributed by atoms with van der Waals surface area (Å²) in [4.78, 5) is 24.0. The van der Waals surface area contributed by atoms with Crippen molar-refractivity contribution in [2.24, 2.45) is 0 Å². The third-order valence-electron chi connectivity index (χ3n) is 3.14. The van der Waals surface area contributed by atoms with Gasteiger partial charge in [0.25, 0.3) is 5.91 Å². The van der Waals surface area contributed by atoms with Crippen molar-refractivity contribution in [3.05, 3.63) is 52.0 Å². The predicted molar refractivity (Wildman–Crippen MR) is 94.9 cm³/mol. The zero-order valence-corrected chi connectivity index (χ0v) is 15.0. The van der Waals surface area contributed by atoms with Gasteiger partial charge in [-0.25, -0.2) is 4.79 Å². The number of hydrogen-bond acceptors (Lipinski definition) is 5. The van der Waals surface area contributed by atoms with Crippen molar-refractivity contribution in [2.45, 2.75) is 0 Å². The van der Waals surface area contributed by atoms with Crippen molar-refractivity contribution in [1.29, 1.82) is 0 Å². The SMILES string of the molecule is COc1cc(NC(=O)COC(=O)c2cccc(Cl)c2Cl)cc(OC)c1. The number of halogens is 2. The second kappa shape index (κ2) is 8.60. The van der Waals surface area contributed by atoms with E-state index in [1.165, 1.54) is 20.3 Å². The van der Waals surface area contributed by atoms with Crippen LogP contribution in [0.5, 0.6) is 11.5 Å². The molecular formula is C17H15Cl2NO5. The molecule has 0 atom stereocenters. The molecule has 6 nitrogen and oxygen atoms in total. The van der Waals surface area contributed by atoms with E-state index in [9.17, 15) is 9.59 Å². The maximum atomic E-state index is 12.0. The number of ether oxygens (including phenoxy) is 3. The summed E-state index contributed by atoms with van der Waals surface area (Å²) in [7, 11) is 2.99. The summed E-state index contributed by atoms with van der Waals surface area (Å²) >= 11 is 11.8. The first-order valence-electron chi connectivity index (χ1n) is 7.08. The lowest BCUT2D eigenvalue weighted by Gasteiger charge is -2.10. The Labute approximate surface area is 154 Å². The van der Waals surface area contributed by atoms with Crippen molar-refractivity contribution in [2.75, 3.05) is 26.1 Å².